The van der Waals surface area contributed by atoms with Crippen molar-refractivity contribution in [3.8, 4) is 0 Å². The number of likely N-dealkylation sites (tertiary alicyclic amines) is 1. The molecule has 1 atom stereocenters. The summed E-state index contributed by atoms with van der Waals surface area (Å²) in [7, 11) is -2.63. The van der Waals surface area contributed by atoms with E-state index in [0.29, 0.717) is 5.56 Å². The fraction of sp³-hybridized carbons (Fsp3) is 0.333. The first kappa shape index (κ1) is 15.9. The number of carbonyl (C=O) groups excluding carboxylic acids is 2. The van der Waals surface area contributed by atoms with E-state index >= 15 is 0 Å². The zero-order chi connectivity index (χ0) is 15.8. The van der Waals surface area contributed by atoms with Gasteiger partial charge in [0.15, 0.2) is 0 Å². The molecule has 114 valence electrons. The number of sulfonamides is 1. The summed E-state index contributed by atoms with van der Waals surface area (Å²) < 4.78 is 26.6. The number of nitrogens with one attached hydrogen (secondary N) is 1. The van der Waals surface area contributed by atoms with Crippen molar-refractivity contribution >= 4 is 33.4 Å². The lowest BCUT2D eigenvalue weighted by atomic mass is 10.2. The largest absolute Gasteiger partial charge is 0.326 e. The molecule has 0 spiro atoms. The fourth-order valence-electron chi connectivity index (χ4n) is 1.96. The van der Waals surface area contributed by atoms with Gasteiger partial charge in [-0.05, 0) is 17.7 Å². The number of likely N-dealkylation sites (N-methyl/N-ethyl adjacent to an activating group) is 1. The maximum Gasteiger partial charge on any atom is 0.247 e. The second-order valence-corrected chi connectivity index (χ2v) is 6.75. The zero-order valence-corrected chi connectivity index (χ0v) is 12.7. The summed E-state index contributed by atoms with van der Waals surface area (Å²) in [4.78, 5) is 23.9. The molecule has 0 aliphatic carbocycles. The van der Waals surface area contributed by atoms with Gasteiger partial charge in [-0.15, -0.1) is 0 Å². The first-order chi connectivity index (χ1) is 9.76. The van der Waals surface area contributed by atoms with Crippen LogP contribution >= 0.6 is 11.6 Å². The summed E-state index contributed by atoms with van der Waals surface area (Å²) in [6.07, 6.45) is -0.191. The van der Waals surface area contributed by atoms with Crippen molar-refractivity contribution in [2.75, 3.05) is 7.05 Å². The Labute approximate surface area is 127 Å². The number of imide groups is 1. The Kier molecular flexibility index (Phi) is 4.33. The first-order valence-corrected chi connectivity index (χ1v) is 7.93. The van der Waals surface area contributed by atoms with E-state index in [-0.39, 0.29) is 22.9 Å². The van der Waals surface area contributed by atoms with Crippen LogP contribution in [0.5, 0.6) is 0 Å². The predicted octanol–water partition coefficient (Wildman–Crippen LogP) is -0.166. The number of halogens is 1. The third-order valence-corrected chi connectivity index (χ3v) is 5.05. The molecule has 1 heterocycles. The van der Waals surface area contributed by atoms with Crippen LogP contribution in [0.4, 0.5) is 0 Å². The Morgan fingerprint density at radius 3 is 2.57 bits per heavy atom. The summed E-state index contributed by atoms with van der Waals surface area (Å²) in [5, 5.41) is 0.228. The van der Waals surface area contributed by atoms with E-state index in [0.717, 1.165) is 4.90 Å². The lowest BCUT2D eigenvalue weighted by molar-refractivity contribution is -0.137. The predicted molar refractivity (Wildman–Crippen MR) is 75.8 cm³/mol. The quantitative estimate of drug-likeness (QED) is 0.745. The van der Waals surface area contributed by atoms with Gasteiger partial charge in [-0.25, -0.2) is 8.42 Å². The van der Waals surface area contributed by atoms with E-state index < -0.39 is 27.9 Å². The number of hydrogen-bond acceptors (Lipinski definition) is 5. The maximum atomic E-state index is 12.2. The normalized spacial score (nSPS) is 19.4. The van der Waals surface area contributed by atoms with Gasteiger partial charge in [-0.1, -0.05) is 17.7 Å². The van der Waals surface area contributed by atoms with Gasteiger partial charge in [-0.3, -0.25) is 14.5 Å². The lowest BCUT2D eigenvalue weighted by Gasteiger charge is -2.12. The highest BCUT2D eigenvalue weighted by Crippen LogP contribution is 2.21. The van der Waals surface area contributed by atoms with Gasteiger partial charge in [0.25, 0.3) is 0 Å². The number of benzene rings is 1. The van der Waals surface area contributed by atoms with Crippen LogP contribution in [0.3, 0.4) is 0 Å². The van der Waals surface area contributed by atoms with Crippen LogP contribution in [-0.4, -0.2) is 38.2 Å². The molecular weight excluding hydrogens is 318 g/mol. The molecule has 1 aromatic rings. The van der Waals surface area contributed by atoms with Gasteiger partial charge in [0, 0.05) is 18.6 Å². The molecule has 2 rings (SSSR count). The Hall–Kier alpha value is -1.48. The zero-order valence-electron chi connectivity index (χ0n) is 11.2. The summed E-state index contributed by atoms with van der Waals surface area (Å²) in [5.74, 6) is -1.00. The molecule has 1 aromatic carbocycles. The van der Waals surface area contributed by atoms with Gasteiger partial charge >= 0.3 is 0 Å². The number of carbonyl (C=O) groups is 2. The van der Waals surface area contributed by atoms with Crippen molar-refractivity contribution in [2.45, 2.75) is 23.9 Å². The molecule has 21 heavy (non-hydrogen) atoms. The second-order valence-electron chi connectivity index (χ2n) is 4.63. The summed E-state index contributed by atoms with van der Waals surface area (Å²) in [6, 6.07) is 3.03. The molecule has 1 unspecified atom stereocenters. The molecule has 0 aromatic heterocycles. The third kappa shape index (κ3) is 3.08. The molecule has 1 saturated heterocycles. The molecule has 0 bridgehead atoms. The molecule has 3 N–H and O–H groups in total. The van der Waals surface area contributed by atoms with Crippen LogP contribution in [0.2, 0.25) is 5.02 Å². The number of hydrogen-bond donors (Lipinski definition) is 2. The minimum atomic E-state index is -3.95. The van der Waals surface area contributed by atoms with Crippen molar-refractivity contribution in [3.05, 3.63) is 28.8 Å². The summed E-state index contributed by atoms with van der Waals surface area (Å²) in [6.45, 7) is 0.187. The summed E-state index contributed by atoms with van der Waals surface area (Å²) >= 11 is 5.93. The average Bonchev–Trinajstić information content (AvgIpc) is 2.65. The van der Waals surface area contributed by atoms with Crippen molar-refractivity contribution < 1.29 is 18.0 Å². The monoisotopic (exact) mass is 331 g/mol. The number of nitrogens with two attached hydrogens (primary N) is 1. The van der Waals surface area contributed by atoms with E-state index in [9.17, 15) is 18.0 Å². The summed E-state index contributed by atoms with van der Waals surface area (Å²) in [5.41, 5.74) is 6.07. The molecule has 1 aliphatic heterocycles. The van der Waals surface area contributed by atoms with Crippen LogP contribution in [0, 0.1) is 0 Å². The molecule has 9 heteroatoms. The Morgan fingerprint density at radius 2 is 2.10 bits per heavy atom. The lowest BCUT2D eigenvalue weighted by Crippen LogP contribution is -2.40. The van der Waals surface area contributed by atoms with Crippen LogP contribution in [0.15, 0.2) is 23.1 Å². The van der Waals surface area contributed by atoms with E-state index in [4.69, 9.17) is 17.3 Å². The van der Waals surface area contributed by atoms with Crippen LogP contribution in [0.25, 0.3) is 0 Å². The highest BCUT2D eigenvalue weighted by molar-refractivity contribution is 7.89. The third-order valence-electron chi connectivity index (χ3n) is 3.23. The van der Waals surface area contributed by atoms with Gasteiger partial charge in [0.05, 0.1) is 11.3 Å². The first-order valence-electron chi connectivity index (χ1n) is 6.07. The molecule has 1 fully saturated rings. The van der Waals surface area contributed by atoms with Gasteiger partial charge < -0.3 is 5.73 Å². The van der Waals surface area contributed by atoms with E-state index in [2.05, 4.69) is 4.72 Å². The molecule has 0 radical (unpaired) electrons. The molecule has 0 saturated carbocycles. The Balaban J connectivity index is 2.25. The number of amides is 2. The highest BCUT2D eigenvalue weighted by Gasteiger charge is 2.38. The minimum Gasteiger partial charge on any atom is -0.326 e. The smallest absolute Gasteiger partial charge is 0.247 e. The maximum absolute atomic E-state index is 12.2. The second kappa shape index (κ2) is 5.72. The molecular formula is C12H14ClN3O4S. The van der Waals surface area contributed by atoms with Crippen molar-refractivity contribution in [3.63, 3.8) is 0 Å². The fourth-order valence-corrected chi connectivity index (χ4v) is 3.50. The van der Waals surface area contributed by atoms with Crippen LogP contribution in [0.1, 0.15) is 12.0 Å². The van der Waals surface area contributed by atoms with Crippen LogP contribution < -0.4 is 10.5 Å². The van der Waals surface area contributed by atoms with Crippen molar-refractivity contribution in [1.29, 1.82) is 0 Å². The Morgan fingerprint density at radius 1 is 1.43 bits per heavy atom. The van der Waals surface area contributed by atoms with E-state index in [1.807, 2.05) is 0 Å². The molecule has 2 amide bonds. The highest BCUT2D eigenvalue weighted by atomic mass is 35.5. The standard InChI is InChI=1S/C12H14ClN3O4S/c1-16-11(17)5-10(12(16)18)15-21(19,20)8-3-2-7(6-14)9(13)4-8/h2-4,10,15H,5-6,14H2,1H3. The Bertz CT molecular complexity index is 704. The molecule has 7 nitrogen and oxygen atoms in total. The van der Waals surface area contributed by atoms with E-state index in [1.54, 1.807) is 0 Å². The van der Waals surface area contributed by atoms with Crippen molar-refractivity contribution in [2.24, 2.45) is 5.73 Å². The SMILES string of the molecule is CN1C(=O)CC(NS(=O)(=O)c2ccc(CN)c(Cl)c2)C1=O. The van der Waals surface area contributed by atoms with Gasteiger partial charge in [-0.2, -0.15) is 4.72 Å². The average molecular weight is 332 g/mol. The minimum absolute atomic E-state index is 0.0838. The van der Waals surface area contributed by atoms with Crippen LogP contribution in [-0.2, 0) is 26.2 Å². The number of nitrogens with zero attached hydrogens (tertiary/aromatic N) is 1. The number of rotatable bonds is 4. The van der Waals surface area contributed by atoms with Gasteiger partial charge in [0.1, 0.15) is 6.04 Å². The molecule has 1 aliphatic rings. The van der Waals surface area contributed by atoms with Gasteiger partial charge in [0.2, 0.25) is 21.8 Å². The van der Waals surface area contributed by atoms with E-state index in [1.165, 1.54) is 25.2 Å². The topological polar surface area (TPSA) is 110 Å². The van der Waals surface area contributed by atoms with Crippen molar-refractivity contribution in [1.82, 2.24) is 9.62 Å².